The van der Waals surface area contributed by atoms with Gasteiger partial charge in [0.05, 0.1) is 6.10 Å². The Hall–Kier alpha value is -0.810. The van der Waals surface area contributed by atoms with Gasteiger partial charge in [-0.1, -0.05) is 13.8 Å². The molecule has 0 bridgehead atoms. The number of aliphatic hydroxyl groups excluding tert-OH is 1. The van der Waals surface area contributed by atoms with E-state index in [1.54, 1.807) is 4.90 Å². The van der Waals surface area contributed by atoms with Crippen molar-refractivity contribution in [3.05, 3.63) is 0 Å². The lowest BCUT2D eigenvalue weighted by Gasteiger charge is -2.42. The van der Waals surface area contributed by atoms with E-state index in [4.69, 9.17) is 5.73 Å². The number of nitrogens with zero attached hydrogens (tertiary/aromatic N) is 1. The summed E-state index contributed by atoms with van der Waals surface area (Å²) in [6, 6.07) is -0.308. The Morgan fingerprint density at radius 2 is 2.17 bits per heavy atom. The molecule has 1 heterocycles. The molecule has 4 N–H and O–H groups in total. The maximum atomic E-state index is 11.5. The molecule has 5 heteroatoms. The van der Waals surface area contributed by atoms with Gasteiger partial charge in [-0.25, -0.2) is 4.79 Å². The van der Waals surface area contributed by atoms with E-state index in [1.165, 1.54) is 0 Å². The first-order valence-electron chi connectivity index (χ1n) is 6.87. The number of nitrogens with two attached hydrogens (primary N) is 1. The van der Waals surface area contributed by atoms with Gasteiger partial charge in [-0.3, -0.25) is 0 Å². The molecule has 106 valence electrons. The number of rotatable bonds is 5. The van der Waals surface area contributed by atoms with Gasteiger partial charge in [0.15, 0.2) is 0 Å². The van der Waals surface area contributed by atoms with Crippen molar-refractivity contribution in [2.45, 2.75) is 45.3 Å². The van der Waals surface area contributed by atoms with Gasteiger partial charge in [0.2, 0.25) is 0 Å². The summed E-state index contributed by atoms with van der Waals surface area (Å²) in [6.45, 7) is 5.42. The molecule has 5 nitrogen and oxygen atoms in total. The monoisotopic (exact) mass is 257 g/mol. The Bertz CT molecular complexity index is 271. The number of piperidine rings is 1. The average molecular weight is 257 g/mol. The van der Waals surface area contributed by atoms with Crippen molar-refractivity contribution in [1.29, 1.82) is 0 Å². The molecule has 1 rings (SSSR count). The average Bonchev–Trinajstić information content (AvgIpc) is 2.35. The van der Waals surface area contributed by atoms with Crippen LogP contribution in [0.25, 0.3) is 0 Å². The zero-order valence-electron chi connectivity index (χ0n) is 11.7. The lowest BCUT2D eigenvalue weighted by Crippen LogP contribution is -2.55. The van der Waals surface area contributed by atoms with Gasteiger partial charge < -0.3 is 21.1 Å². The van der Waals surface area contributed by atoms with E-state index in [0.29, 0.717) is 13.1 Å². The molecule has 0 spiro atoms. The van der Waals surface area contributed by atoms with Crippen molar-refractivity contribution in [2.75, 3.05) is 20.1 Å². The Balaban J connectivity index is 2.84. The molecule has 1 saturated heterocycles. The summed E-state index contributed by atoms with van der Waals surface area (Å²) in [5.41, 5.74) is 5.45. The number of primary amides is 1. The number of likely N-dealkylation sites (tertiary alicyclic amines) is 1. The predicted molar refractivity (Wildman–Crippen MR) is 72.2 cm³/mol. The Kier molecular flexibility index (Phi) is 5.88. The summed E-state index contributed by atoms with van der Waals surface area (Å²) in [7, 11) is 1.87. The van der Waals surface area contributed by atoms with Crippen LogP contribution in [0.2, 0.25) is 0 Å². The van der Waals surface area contributed by atoms with Crippen LogP contribution in [-0.4, -0.2) is 48.3 Å². The van der Waals surface area contributed by atoms with Crippen molar-refractivity contribution < 1.29 is 9.90 Å². The summed E-state index contributed by atoms with van der Waals surface area (Å²) in [6.07, 6.45) is 2.62. The van der Waals surface area contributed by atoms with Crippen LogP contribution in [0.3, 0.4) is 0 Å². The van der Waals surface area contributed by atoms with Gasteiger partial charge in [0, 0.05) is 25.0 Å². The zero-order chi connectivity index (χ0) is 13.7. The molecule has 1 aliphatic heterocycles. The van der Waals surface area contributed by atoms with Gasteiger partial charge in [-0.15, -0.1) is 0 Å². The smallest absolute Gasteiger partial charge is 0.315 e. The zero-order valence-corrected chi connectivity index (χ0v) is 11.7. The molecule has 0 radical (unpaired) electrons. The van der Waals surface area contributed by atoms with Crippen molar-refractivity contribution in [1.82, 2.24) is 10.2 Å². The van der Waals surface area contributed by atoms with Crippen LogP contribution < -0.4 is 11.1 Å². The van der Waals surface area contributed by atoms with E-state index < -0.39 is 6.10 Å². The Morgan fingerprint density at radius 1 is 1.50 bits per heavy atom. The van der Waals surface area contributed by atoms with Gasteiger partial charge >= 0.3 is 6.03 Å². The van der Waals surface area contributed by atoms with Crippen molar-refractivity contribution >= 4 is 6.03 Å². The van der Waals surface area contributed by atoms with E-state index in [9.17, 15) is 9.90 Å². The first-order chi connectivity index (χ1) is 8.49. The second kappa shape index (κ2) is 6.95. The van der Waals surface area contributed by atoms with Gasteiger partial charge in [-0.2, -0.15) is 0 Å². The number of carbonyl (C=O) groups excluding carboxylic acids is 1. The topological polar surface area (TPSA) is 78.6 Å². The van der Waals surface area contributed by atoms with Gasteiger partial charge in [0.1, 0.15) is 0 Å². The standard InChI is InChI=1S/C13H27N3O2/c1-9(2)12(17)10(8-15-3)11-6-4-5-7-16(11)13(14)18/h9-12,15,17H,4-8H2,1-3H3,(H2,14,18). The van der Waals surface area contributed by atoms with E-state index in [0.717, 1.165) is 19.3 Å². The fraction of sp³-hybridized carbons (Fsp3) is 0.923. The lowest BCUT2D eigenvalue weighted by molar-refractivity contribution is 0.0108. The van der Waals surface area contributed by atoms with Crippen molar-refractivity contribution in [2.24, 2.45) is 17.6 Å². The molecule has 3 atom stereocenters. The van der Waals surface area contributed by atoms with Crippen LogP contribution in [0.1, 0.15) is 33.1 Å². The van der Waals surface area contributed by atoms with E-state index >= 15 is 0 Å². The number of amides is 2. The summed E-state index contributed by atoms with van der Waals surface area (Å²) in [5.74, 6) is 0.225. The van der Waals surface area contributed by atoms with E-state index in [1.807, 2.05) is 20.9 Å². The predicted octanol–water partition coefficient (Wildman–Crippen LogP) is 0.772. The number of hydrogen-bond donors (Lipinski definition) is 3. The van der Waals surface area contributed by atoms with Crippen molar-refractivity contribution in [3.8, 4) is 0 Å². The molecule has 1 fully saturated rings. The SMILES string of the molecule is CNCC(C(O)C(C)C)C1CCCCN1C(N)=O. The fourth-order valence-corrected chi connectivity index (χ4v) is 2.89. The van der Waals surface area contributed by atoms with Crippen LogP contribution in [0.15, 0.2) is 0 Å². The highest BCUT2D eigenvalue weighted by atomic mass is 16.3. The molecule has 0 saturated carbocycles. The molecule has 1 aliphatic rings. The molecule has 2 amide bonds. The fourth-order valence-electron chi connectivity index (χ4n) is 2.89. The molecule has 0 aromatic carbocycles. The number of urea groups is 1. The van der Waals surface area contributed by atoms with Crippen LogP contribution in [0.4, 0.5) is 4.79 Å². The second-order valence-corrected chi connectivity index (χ2v) is 5.55. The first kappa shape index (κ1) is 15.2. The van der Waals surface area contributed by atoms with Crippen LogP contribution in [-0.2, 0) is 0 Å². The molecular formula is C13H27N3O2. The number of nitrogens with one attached hydrogen (secondary N) is 1. The largest absolute Gasteiger partial charge is 0.392 e. The quantitative estimate of drug-likeness (QED) is 0.681. The molecule has 0 aliphatic carbocycles. The minimum absolute atomic E-state index is 0.0443. The summed E-state index contributed by atoms with van der Waals surface area (Å²) < 4.78 is 0. The number of hydrogen-bond acceptors (Lipinski definition) is 3. The highest BCUT2D eigenvalue weighted by Crippen LogP contribution is 2.27. The summed E-state index contributed by atoms with van der Waals surface area (Å²) >= 11 is 0. The number of aliphatic hydroxyl groups is 1. The molecule has 18 heavy (non-hydrogen) atoms. The van der Waals surface area contributed by atoms with Crippen LogP contribution in [0.5, 0.6) is 0 Å². The highest BCUT2D eigenvalue weighted by Gasteiger charge is 2.36. The molecule has 0 aromatic rings. The van der Waals surface area contributed by atoms with E-state index in [2.05, 4.69) is 5.32 Å². The lowest BCUT2D eigenvalue weighted by atomic mass is 9.82. The van der Waals surface area contributed by atoms with Crippen molar-refractivity contribution in [3.63, 3.8) is 0 Å². The Morgan fingerprint density at radius 3 is 2.67 bits per heavy atom. The van der Waals surface area contributed by atoms with Gasteiger partial charge in [-0.05, 0) is 32.2 Å². The first-order valence-corrected chi connectivity index (χ1v) is 6.87. The van der Waals surface area contributed by atoms with Crippen LogP contribution in [0, 0.1) is 11.8 Å². The van der Waals surface area contributed by atoms with Crippen LogP contribution >= 0.6 is 0 Å². The molecular weight excluding hydrogens is 230 g/mol. The highest BCUT2D eigenvalue weighted by molar-refractivity contribution is 5.72. The summed E-state index contributed by atoms with van der Waals surface area (Å²) in [5, 5.41) is 13.5. The molecule has 0 aromatic heterocycles. The van der Waals surface area contributed by atoms with Gasteiger partial charge in [0.25, 0.3) is 0 Å². The third kappa shape index (κ3) is 3.59. The maximum Gasteiger partial charge on any atom is 0.315 e. The maximum absolute atomic E-state index is 11.5. The third-order valence-electron chi connectivity index (χ3n) is 3.89. The number of carbonyl (C=O) groups is 1. The minimum atomic E-state index is -0.414. The third-order valence-corrected chi connectivity index (χ3v) is 3.89. The second-order valence-electron chi connectivity index (χ2n) is 5.55. The minimum Gasteiger partial charge on any atom is -0.392 e. The Labute approximate surface area is 110 Å². The normalized spacial score (nSPS) is 24.1. The summed E-state index contributed by atoms with van der Waals surface area (Å²) in [4.78, 5) is 13.2. The van der Waals surface area contributed by atoms with E-state index in [-0.39, 0.29) is 23.9 Å². The molecule has 3 unspecified atom stereocenters.